The molecule has 156 valence electrons. The molecule has 1 heterocycles. The molecule has 30 heavy (non-hydrogen) atoms. The number of para-hydroxylation sites is 1. The summed E-state index contributed by atoms with van der Waals surface area (Å²) in [5, 5.41) is 0.826. The summed E-state index contributed by atoms with van der Waals surface area (Å²) in [6.07, 6.45) is 1.26. The number of hydrogen-bond acceptors (Lipinski definition) is 3. The van der Waals surface area contributed by atoms with Crippen molar-refractivity contribution in [1.82, 2.24) is 9.80 Å². The summed E-state index contributed by atoms with van der Waals surface area (Å²) in [6.45, 7) is 5.95. The first-order valence-electron chi connectivity index (χ1n) is 10.6. The van der Waals surface area contributed by atoms with Crippen LogP contribution in [0.3, 0.4) is 0 Å². The smallest absolute Gasteiger partial charge is 0.124 e. The first-order valence-corrected chi connectivity index (χ1v) is 10.9. The number of halogens is 1. The van der Waals surface area contributed by atoms with Gasteiger partial charge in [-0.1, -0.05) is 77.8 Å². The van der Waals surface area contributed by atoms with Crippen molar-refractivity contribution in [2.24, 2.45) is 0 Å². The monoisotopic (exact) mass is 420 g/mol. The van der Waals surface area contributed by atoms with Crippen LogP contribution in [0.1, 0.15) is 34.8 Å². The van der Waals surface area contributed by atoms with Gasteiger partial charge in [0, 0.05) is 36.8 Å². The van der Waals surface area contributed by atoms with E-state index in [-0.39, 0.29) is 6.17 Å². The quantitative estimate of drug-likeness (QED) is 0.481. The number of aryl methyl sites for hydroxylation is 1. The zero-order valence-electron chi connectivity index (χ0n) is 17.7. The van der Waals surface area contributed by atoms with Gasteiger partial charge in [0.05, 0.1) is 13.3 Å². The Morgan fingerprint density at radius 1 is 0.900 bits per heavy atom. The van der Waals surface area contributed by atoms with Crippen LogP contribution in [0.2, 0.25) is 5.02 Å². The molecule has 4 rings (SSSR count). The topological polar surface area (TPSA) is 15.7 Å². The van der Waals surface area contributed by atoms with Crippen LogP contribution >= 0.6 is 11.6 Å². The third-order valence-corrected chi connectivity index (χ3v) is 6.17. The van der Waals surface area contributed by atoms with Gasteiger partial charge in [-0.05, 0) is 36.6 Å². The van der Waals surface area contributed by atoms with E-state index >= 15 is 0 Å². The average Bonchev–Trinajstić information content (AvgIpc) is 2.76. The Labute approximate surface area is 184 Å². The highest BCUT2D eigenvalue weighted by Gasteiger charge is 2.32. The van der Waals surface area contributed by atoms with E-state index in [0.717, 1.165) is 48.9 Å². The molecule has 0 bridgehead atoms. The largest absolute Gasteiger partial charge is 0.496 e. The zero-order chi connectivity index (χ0) is 20.9. The molecule has 3 aromatic carbocycles. The average molecular weight is 421 g/mol. The Morgan fingerprint density at radius 2 is 1.63 bits per heavy atom. The minimum Gasteiger partial charge on any atom is -0.496 e. The lowest BCUT2D eigenvalue weighted by molar-refractivity contribution is -0.0103. The molecule has 0 N–H and O–H groups in total. The number of hydrogen-bond donors (Lipinski definition) is 0. The van der Waals surface area contributed by atoms with Crippen molar-refractivity contribution in [1.29, 1.82) is 0 Å². The standard InChI is InChI=1S/C26H29ClN2O/c1-20-9-7-10-21(17-20)18-28-15-8-16-29(19-22-11-3-5-13-24(22)27)26(28)23-12-4-6-14-25(23)30-2/h3-7,9-14,17,26H,8,15-16,18-19H2,1-2H3/t26-/m1/s1. The van der Waals surface area contributed by atoms with Gasteiger partial charge in [0.15, 0.2) is 0 Å². The van der Waals surface area contributed by atoms with E-state index in [9.17, 15) is 0 Å². The highest BCUT2D eigenvalue weighted by atomic mass is 35.5. The molecule has 0 aromatic heterocycles. The van der Waals surface area contributed by atoms with E-state index in [1.165, 1.54) is 16.7 Å². The maximum Gasteiger partial charge on any atom is 0.124 e. The Bertz CT molecular complexity index is 990. The lowest BCUT2D eigenvalue weighted by Gasteiger charge is -2.45. The summed E-state index contributed by atoms with van der Waals surface area (Å²) in [5.74, 6) is 0.933. The predicted molar refractivity (Wildman–Crippen MR) is 124 cm³/mol. The molecular formula is C26H29ClN2O. The summed E-state index contributed by atoms with van der Waals surface area (Å²) >= 11 is 6.51. The lowest BCUT2D eigenvalue weighted by atomic mass is 10.0. The van der Waals surface area contributed by atoms with E-state index in [1.54, 1.807) is 7.11 Å². The van der Waals surface area contributed by atoms with Crippen molar-refractivity contribution in [2.75, 3.05) is 20.2 Å². The highest BCUT2D eigenvalue weighted by Crippen LogP contribution is 2.37. The van der Waals surface area contributed by atoms with Crippen LogP contribution in [-0.4, -0.2) is 30.0 Å². The normalized spacial score (nSPS) is 17.8. The summed E-state index contributed by atoms with van der Waals surface area (Å²) in [6, 6.07) is 25.3. The van der Waals surface area contributed by atoms with Gasteiger partial charge in [-0.3, -0.25) is 9.80 Å². The third kappa shape index (κ3) is 4.70. The predicted octanol–water partition coefficient (Wildman–Crippen LogP) is 6.06. The van der Waals surface area contributed by atoms with Crippen LogP contribution in [0.5, 0.6) is 5.75 Å². The van der Waals surface area contributed by atoms with Crippen LogP contribution in [0.15, 0.2) is 72.8 Å². The number of rotatable bonds is 6. The lowest BCUT2D eigenvalue weighted by Crippen LogP contribution is -2.47. The van der Waals surface area contributed by atoms with Crippen molar-refractivity contribution < 1.29 is 4.74 Å². The van der Waals surface area contributed by atoms with Crippen LogP contribution in [-0.2, 0) is 13.1 Å². The van der Waals surface area contributed by atoms with Crippen molar-refractivity contribution in [3.63, 3.8) is 0 Å². The summed E-state index contributed by atoms with van der Waals surface area (Å²) in [5.41, 5.74) is 5.01. The van der Waals surface area contributed by atoms with Crippen LogP contribution in [0.4, 0.5) is 0 Å². The van der Waals surface area contributed by atoms with E-state index < -0.39 is 0 Å². The summed E-state index contributed by atoms with van der Waals surface area (Å²) < 4.78 is 5.76. The molecular weight excluding hydrogens is 392 g/mol. The molecule has 1 fully saturated rings. The maximum absolute atomic E-state index is 6.51. The molecule has 0 aliphatic carbocycles. The van der Waals surface area contributed by atoms with Gasteiger partial charge in [0.1, 0.15) is 5.75 Å². The number of nitrogens with zero attached hydrogens (tertiary/aromatic N) is 2. The van der Waals surface area contributed by atoms with Crippen molar-refractivity contribution >= 4 is 11.6 Å². The first-order chi connectivity index (χ1) is 14.7. The van der Waals surface area contributed by atoms with Gasteiger partial charge in [-0.15, -0.1) is 0 Å². The Hall–Kier alpha value is -2.33. The van der Waals surface area contributed by atoms with Gasteiger partial charge in [-0.25, -0.2) is 0 Å². The number of methoxy groups -OCH3 is 1. The van der Waals surface area contributed by atoms with Crippen LogP contribution < -0.4 is 4.74 Å². The molecule has 3 aromatic rings. The fraction of sp³-hybridized carbons (Fsp3) is 0.308. The maximum atomic E-state index is 6.51. The molecule has 0 radical (unpaired) electrons. The second-order valence-electron chi connectivity index (χ2n) is 7.99. The molecule has 1 aliphatic rings. The van der Waals surface area contributed by atoms with E-state index in [1.807, 2.05) is 18.2 Å². The van der Waals surface area contributed by atoms with Gasteiger partial charge in [0.25, 0.3) is 0 Å². The summed E-state index contributed by atoms with van der Waals surface area (Å²) in [4.78, 5) is 5.09. The minimum absolute atomic E-state index is 0.131. The second kappa shape index (κ2) is 9.65. The van der Waals surface area contributed by atoms with Gasteiger partial charge >= 0.3 is 0 Å². The molecule has 3 nitrogen and oxygen atoms in total. The van der Waals surface area contributed by atoms with Gasteiger partial charge in [0.2, 0.25) is 0 Å². The first kappa shape index (κ1) is 20.9. The van der Waals surface area contributed by atoms with Gasteiger partial charge < -0.3 is 4.74 Å². The highest BCUT2D eigenvalue weighted by molar-refractivity contribution is 6.31. The minimum atomic E-state index is 0.131. The molecule has 1 saturated heterocycles. The Kier molecular flexibility index (Phi) is 6.73. The number of ether oxygens (including phenoxy) is 1. The molecule has 0 amide bonds. The van der Waals surface area contributed by atoms with Gasteiger partial charge in [-0.2, -0.15) is 0 Å². The van der Waals surface area contributed by atoms with Crippen molar-refractivity contribution in [2.45, 2.75) is 32.6 Å². The summed E-state index contributed by atoms with van der Waals surface area (Å²) in [7, 11) is 1.75. The molecule has 4 heteroatoms. The molecule has 0 spiro atoms. The van der Waals surface area contributed by atoms with E-state index in [2.05, 4.69) is 71.3 Å². The van der Waals surface area contributed by atoms with Crippen LogP contribution in [0.25, 0.3) is 0 Å². The van der Waals surface area contributed by atoms with Crippen molar-refractivity contribution in [3.05, 3.63) is 100 Å². The fourth-order valence-corrected chi connectivity index (χ4v) is 4.64. The molecule has 0 saturated carbocycles. The fourth-order valence-electron chi connectivity index (χ4n) is 4.45. The van der Waals surface area contributed by atoms with Crippen molar-refractivity contribution in [3.8, 4) is 5.75 Å². The number of benzene rings is 3. The Balaban J connectivity index is 1.70. The van der Waals surface area contributed by atoms with E-state index in [4.69, 9.17) is 16.3 Å². The Morgan fingerprint density at radius 3 is 2.40 bits per heavy atom. The molecule has 1 atom stereocenters. The second-order valence-corrected chi connectivity index (χ2v) is 8.40. The van der Waals surface area contributed by atoms with E-state index in [0.29, 0.717) is 0 Å². The molecule has 0 unspecified atom stereocenters. The third-order valence-electron chi connectivity index (χ3n) is 5.80. The SMILES string of the molecule is COc1ccccc1[C@@H]1N(Cc2cccc(C)c2)CCCN1Cc1ccccc1Cl. The zero-order valence-corrected chi connectivity index (χ0v) is 18.5. The van der Waals surface area contributed by atoms with Crippen LogP contribution in [0, 0.1) is 6.92 Å². The molecule has 1 aliphatic heterocycles.